The number of morpholine rings is 1. The lowest BCUT2D eigenvalue weighted by Gasteiger charge is -2.31. The zero-order valence-corrected chi connectivity index (χ0v) is 21.3. The molecule has 1 amide bonds. The van der Waals surface area contributed by atoms with Crippen LogP contribution >= 0.6 is 0 Å². The van der Waals surface area contributed by atoms with Crippen LogP contribution in [-0.4, -0.2) is 56.4 Å². The van der Waals surface area contributed by atoms with Crippen molar-refractivity contribution >= 4 is 17.7 Å². The number of aromatic nitrogens is 1. The molecular formula is C28H33N3O5. The van der Waals surface area contributed by atoms with Gasteiger partial charge in [0.25, 0.3) is 0 Å². The highest BCUT2D eigenvalue weighted by Crippen LogP contribution is 2.30. The Balaban J connectivity index is 1.39. The Hall–Kier alpha value is -3.78. The third kappa shape index (κ3) is 6.07. The van der Waals surface area contributed by atoms with Gasteiger partial charge >= 0.3 is 0 Å². The average molecular weight is 492 g/mol. The van der Waals surface area contributed by atoms with Gasteiger partial charge in [0.05, 0.1) is 31.6 Å². The number of ether oxygens (including phenoxy) is 3. The third-order valence-corrected chi connectivity index (χ3v) is 6.29. The van der Waals surface area contributed by atoms with E-state index >= 15 is 0 Å². The smallest absolute Gasteiger partial charge is 0.246 e. The highest BCUT2D eigenvalue weighted by Gasteiger charge is 2.16. The molecule has 2 aromatic carbocycles. The molecule has 0 spiro atoms. The van der Waals surface area contributed by atoms with E-state index in [2.05, 4.69) is 22.2 Å². The summed E-state index contributed by atoms with van der Waals surface area (Å²) < 4.78 is 22.1. The number of aryl methyl sites for hydroxylation is 2. The summed E-state index contributed by atoms with van der Waals surface area (Å²) in [5, 5.41) is 3.96. The first-order valence-corrected chi connectivity index (χ1v) is 12.0. The van der Waals surface area contributed by atoms with Gasteiger partial charge in [0.1, 0.15) is 12.4 Å². The van der Waals surface area contributed by atoms with Crippen LogP contribution in [0.2, 0.25) is 0 Å². The van der Waals surface area contributed by atoms with Crippen LogP contribution in [0.25, 0.3) is 6.08 Å². The van der Waals surface area contributed by atoms with Crippen LogP contribution in [0.1, 0.15) is 28.1 Å². The number of methoxy groups -OCH3 is 1. The van der Waals surface area contributed by atoms with Crippen molar-refractivity contribution in [2.75, 3.05) is 45.4 Å². The molecule has 1 aliphatic heterocycles. The number of likely N-dealkylation sites (N-methyl/N-ethyl adjacent to an activating group) is 1. The molecule has 1 saturated heterocycles. The molecule has 0 unspecified atom stereocenters. The van der Waals surface area contributed by atoms with E-state index in [1.165, 1.54) is 0 Å². The molecule has 3 aromatic rings. The lowest BCUT2D eigenvalue weighted by atomic mass is 10.1. The Morgan fingerprint density at radius 3 is 2.64 bits per heavy atom. The summed E-state index contributed by atoms with van der Waals surface area (Å²) in [6.07, 6.45) is 3.36. The summed E-state index contributed by atoms with van der Waals surface area (Å²) in [6.45, 7) is 7.76. The number of para-hydroxylation sites is 1. The van der Waals surface area contributed by atoms with Gasteiger partial charge in [-0.15, -0.1) is 0 Å². The lowest BCUT2D eigenvalue weighted by molar-refractivity contribution is -0.125. The Morgan fingerprint density at radius 2 is 1.92 bits per heavy atom. The first-order valence-electron chi connectivity index (χ1n) is 12.0. The largest absolute Gasteiger partial charge is 0.493 e. The van der Waals surface area contributed by atoms with Crippen molar-refractivity contribution in [2.45, 2.75) is 27.0 Å². The first kappa shape index (κ1) is 25.3. The second kappa shape index (κ2) is 11.8. The molecule has 0 saturated carbocycles. The number of benzene rings is 2. The average Bonchev–Trinajstić information content (AvgIpc) is 3.23. The van der Waals surface area contributed by atoms with Crippen molar-refractivity contribution in [2.24, 2.45) is 0 Å². The van der Waals surface area contributed by atoms with Gasteiger partial charge in [-0.1, -0.05) is 29.4 Å². The van der Waals surface area contributed by atoms with Gasteiger partial charge in [0, 0.05) is 38.4 Å². The minimum Gasteiger partial charge on any atom is -0.493 e. The van der Waals surface area contributed by atoms with E-state index in [0.717, 1.165) is 60.1 Å². The molecule has 1 aliphatic rings. The summed E-state index contributed by atoms with van der Waals surface area (Å²) in [7, 11) is 3.41. The second-order valence-corrected chi connectivity index (χ2v) is 8.76. The molecule has 4 rings (SSSR count). The number of rotatable bonds is 9. The van der Waals surface area contributed by atoms with Gasteiger partial charge in [-0.25, -0.2) is 0 Å². The highest BCUT2D eigenvalue weighted by atomic mass is 16.5. The SMILES string of the molecule is COc1cc(C=CC(=O)N(C)Cc2ccccc2N2CCOCC2)ccc1OCc1c(C)noc1C. The molecule has 0 radical (unpaired) electrons. The molecule has 0 atom stereocenters. The Bertz CT molecular complexity index is 1190. The first-order chi connectivity index (χ1) is 17.5. The van der Waals surface area contributed by atoms with E-state index in [1.54, 1.807) is 24.2 Å². The molecule has 0 bridgehead atoms. The minimum absolute atomic E-state index is 0.0792. The summed E-state index contributed by atoms with van der Waals surface area (Å²) in [5.41, 5.74) is 4.84. The van der Waals surface area contributed by atoms with Crippen LogP contribution in [0.15, 0.2) is 53.1 Å². The quantitative estimate of drug-likeness (QED) is 0.411. The fourth-order valence-electron chi connectivity index (χ4n) is 4.15. The third-order valence-electron chi connectivity index (χ3n) is 6.29. The van der Waals surface area contributed by atoms with E-state index in [0.29, 0.717) is 24.7 Å². The normalized spacial score (nSPS) is 13.7. The predicted molar refractivity (Wildman–Crippen MR) is 138 cm³/mol. The van der Waals surface area contributed by atoms with E-state index in [1.807, 2.05) is 51.2 Å². The van der Waals surface area contributed by atoms with Crippen molar-refractivity contribution in [1.29, 1.82) is 0 Å². The monoisotopic (exact) mass is 491 g/mol. The topological polar surface area (TPSA) is 77.3 Å². The van der Waals surface area contributed by atoms with Crippen LogP contribution in [0.3, 0.4) is 0 Å². The highest BCUT2D eigenvalue weighted by molar-refractivity contribution is 5.91. The number of hydrogen-bond acceptors (Lipinski definition) is 7. The fourth-order valence-corrected chi connectivity index (χ4v) is 4.15. The van der Waals surface area contributed by atoms with Gasteiger partial charge in [-0.05, 0) is 49.2 Å². The fraction of sp³-hybridized carbons (Fsp3) is 0.357. The molecule has 0 aliphatic carbocycles. The second-order valence-electron chi connectivity index (χ2n) is 8.76. The number of hydrogen-bond donors (Lipinski definition) is 0. The molecule has 8 nitrogen and oxygen atoms in total. The van der Waals surface area contributed by atoms with E-state index in [-0.39, 0.29) is 5.91 Å². The van der Waals surface area contributed by atoms with E-state index in [4.69, 9.17) is 18.7 Å². The summed E-state index contributed by atoms with van der Waals surface area (Å²) >= 11 is 0. The van der Waals surface area contributed by atoms with Gasteiger partial charge in [-0.2, -0.15) is 0 Å². The number of anilines is 1. The molecule has 36 heavy (non-hydrogen) atoms. The maximum Gasteiger partial charge on any atom is 0.246 e. The van der Waals surface area contributed by atoms with Crippen LogP contribution in [0, 0.1) is 13.8 Å². The maximum absolute atomic E-state index is 12.9. The van der Waals surface area contributed by atoms with Crippen LogP contribution in [-0.2, 0) is 22.7 Å². The Kier molecular flexibility index (Phi) is 8.28. The van der Waals surface area contributed by atoms with Crippen LogP contribution in [0.4, 0.5) is 5.69 Å². The number of nitrogens with zero attached hydrogens (tertiary/aromatic N) is 3. The summed E-state index contributed by atoms with van der Waals surface area (Å²) in [5.74, 6) is 1.85. The Labute approximate surface area is 212 Å². The van der Waals surface area contributed by atoms with Crippen molar-refractivity contribution in [3.8, 4) is 11.5 Å². The minimum atomic E-state index is -0.0792. The summed E-state index contributed by atoms with van der Waals surface area (Å²) in [4.78, 5) is 16.9. The number of amides is 1. The van der Waals surface area contributed by atoms with Gasteiger partial charge < -0.3 is 28.5 Å². The maximum atomic E-state index is 12.9. The van der Waals surface area contributed by atoms with Gasteiger partial charge in [0.2, 0.25) is 5.91 Å². The van der Waals surface area contributed by atoms with Crippen molar-refractivity contribution < 1.29 is 23.5 Å². The van der Waals surface area contributed by atoms with Gasteiger partial charge in [0.15, 0.2) is 11.5 Å². The Morgan fingerprint density at radius 1 is 1.14 bits per heavy atom. The van der Waals surface area contributed by atoms with Crippen molar-refractivity contribution in [3.05, 3.63) is 76.7 Å². The molecule has 0 N–H and O–H groups in total. The molecule has 2 heterocycles. The lowest BCUT2D eigenvalue weighted by Crippen LogP contribution is -2.37. The molecular weight excluding hydrogens is 458 g/mol. The number of carbonyl (C=O) groups is 1. The zero-order valence-electron chi connectivity index (χ0n) is 21.3. The van der Waals surface area contributed by atoms with Crippen molar-refractivity contribution in [1.82, 2.24) is 10.1 Å². The van der Waals surface area contributed by atoms with E-state index in [9.17, 15) is 4.79 Å². The van der Waals surface area contributed by atoms with Crippen LogP contribution < -0.4 is 14.4 Å². The van der Waals surface area contributed by atoms with Gasteiger partial charge in [-0.3, -0.25) is 4.79 Å². The molecule has 1 fully saturated rings. The summed E-state index contributed by atoms with van der Waals surface area (Å²) in [6, 6.07) is 13.8. The van der Waals surface area contributed by atoms with E-state index < -0.39 is 0 Å². The molecule has 190 valence electrons. The van der Waals surface area contributed by atoms with Crippen molar-refractivity contribution in [3.63, 3.8) is 0 Å². The number of carbonyl (C=O) groups excluding carboxylic acids is 1. The predicted octanol–water partition coefficient (Wildman–Crippen LogP) is 4.39. The standard InChI is InChI=1S/C28H33N3O5/c1-20-24(21(2)36-29-20)19-35-26-11-9-22(17-27(26)33-4)10-12-28(32)30(3)18-23-7-5-6-8-25(23)31-13-15-34-16-14-31/h5-12,17H,13-16,18-19H2,1-4H3. The van der Waals surface area contributed by atoms with Crippen LogP contribution in [0.5, 0.6) is 11.5 Å². The zero-order chi connectivity index (χ0) is 25.5. The molecule has 1 aromatic heterocycles. The molecule has 8 heteroatoms.